The maximum Gasteiger partial charge on any atom is 0.246 e. The van der Waals surface area contributed by atoms with Crippen molar-refractivity contribution in [2.45, 2.75) is 58.5 Å². The van der Waals surface area contributed by atoms with E-state index in [4.69, 9.17) is 0 Å². The molecule has 0 bridgehead atoms. The second-order valence-corrected chi connectivity index (χ2v) is 5.25. The van der Waals surface area contributed by atoms with Crippen LogP contribution >= 0.6 is 0 Å². The molecule has 1 heterocycles. The number of nitrogens with one attached hydrogen (secondary N) is 1. The third kappa shape index (κ3) is 3.67. The molecule has 19 heavy (non-hydrogen) atoms. The Morgan fingerprint density at radius 1 is 1.37 bits per heavy atom. The number of carbonyl (C=O) groups excluding carboxylic acids is 2. The van der Waals surface area contributed by atoms with E-state index in [1.165, 1.54) is 0 Å². The fourth-order valence-electron chi connectivity index (χ4n) is 2.46. The highest BCUT2D eigenvalue weighted by Gasteiger charge is 2.41. The van der Waals surface area contributed by atoms with Crippen LogP contribution in [0.3, 0.4) is 0 Å². The molecule has 110 valence electrons. The van der Waals surface area contributed by atoms with Crippen LogP contribution in [0.4, 0.5) is 4.39 Å². The Bertz CT molecular complexity index is 323. The van der Waals surface area contributed by atoms with Crippen molar-refractivity contribution in [2.24, 2.45) is 5.92 Å². The van der Waals surface area contributed by atoms with Crippen molar-refractivity contribution >= 4 is 11.8 Å². The summed E-state index contributed by atoms with van der Waals surface area (Å²) in [7, 11) is 0. The van der Waals surface area contributed by atoms with Crippen molar-refractivity contribution < 1.29 is 14.0 Å². The fraction of sp³-hybridized carbons (Fsp3) is 0.857. The monoisotopic (exact) mass is 272 g/mol. The molecule has 1 aliphatic heterocycles. The number of hydrogen-bond acceptors (Lipinski definition) is 2. The van der Waals surface area contributed by atoms with Crippen molar-refractivity contribution in [1.29, 1.82) is 0 Å². The van der Waals surface area contributed by atoms with Gasteiger partial charge in [-0.2, -0.15) is 0 Å². The molecule has 0 aromatic heterocycles. The van der Waals surface area contributed by atoms with Gasteiger partial charge in [-0.3, -0.25) is 14.0 Å². The van der Waals surface area contributed by atoms with Crippen molar-refractivity contribution in [1.82, 2.24) is 10.2 Å². The third-order valence-electron chi connectivity index (χ3n) is 3.83. The van der Waals surface area contributed by atoms with Gasteiger partial charge in [0.05, 0.1) is 6.67 Å². The first-order valence-electron chi connectivity index (χ1n) is 7.23. The molecule has 2 amide bonds. The molecule has 0 spiro atoms. The normalized spacial score (nSPS) is 25.4. The summed E-state index contributed by atoms with van der Waals surface area (Å²) in [6.45, 7) is 5.80. The number of carbonyl (C=O) groups is 2. The van der Waals surface area contributed by atoms with Crippen LogP contribution in [-0.2, 0) is 9.59 Å². The molecule has 1 saturated heterocycles. The summed E-state index contributed by atoms with van der Waals surface area (Å²) < 4.78 is 12.4. The first kappa shape index (κ1) is 15.9. The Morgan fingerprint density at radius 3 is 2.58 bits per heavy atom. The minimum absolute atomic E-state index is 0.0548. The summed E-state index contributed by atoms with van der Waals surface area (Å²) in [5, 5.41) is 2.83. The van der Waals surface area contributed by atoms with Crippen molar-refractivity contribution in [3.8, 4) is 0 Å². The van der Waals surface area contributed by atoms with Crippen molar-refractivity contribution in [2.75, 3.05) is 13.2 Å². The Morgan fingerprint density at radius 2 is 2.05 bits per heavy atom. The molecule has 1 fully saturated rings. The van der Waals surface area contributed by atoms with Crippen LogP contribution in [0, 0.1) is 5.92 Å². The van der Waals surface area contributed by atoms with Gasteiger partial charge in [0, 0.05) is 6.54 Å². The van der Waals surface area contributed by atoms with E-state index < -0.39 is 18.8 Å². The van der Waals surface area contributed by atoms with Gasteiger partial charge in [-0.1, -0.05) is 33.6 Å². The number of rotatable bonds is 7. The number of nitrogens with zero attached hydrogens (tertiary/aromatic N) is 1. The van der Waals surface area contributed by atoms with E-state index in [9.17, 15) is 14.0 Å². The lowest BCUT2D eigenvalue weighted by Crippen LogP contribution is -2.65. The molecule has 3 atom stereocenters. The maximum absolute atomic E-state index is 12.5. The molecular formula is C14H25FN2O2. The average Bonchev–Trinajstić information content (AvgIpc) is 2.41. The Kier molecular flexibility index (Phi) is 6.25. The number of halogens is 1. The van der Waals surface area contributed by atoms with Gasteiger partial charge in [0.2, 0.25) is 11.8 Å². The lowest BCUT2D eigenvalue weighted by Gasteiger charge is -2.40. The van der Waals surface area contributed by atoms with Crippen LogP contribution in [-0.4, -0.2) is 42.0 Å². The molecule has 1 rings (SSSR count). The van der Waals surface area contributed by atoms with Gasteiger partial charge in [0.15, 0.2) is 0 Å². The molecule has 0 aromatic rings. The summed E-state index contributed by atoms with van der Waals surface area (Å²) in [6, 6.07) is -0.880. The lowest BCUT2D eigenvalue weighted by molar-refractivity contribution is -0.151. The molecule has 0 saturated carbocycles. The largest absolute Gasteiger partial charge is 0.342 e. The summed E-state index contributed by atoms with van der Waals surface area (Å²) in [5.74, 6) is -0.0432. The Hall–Kier alpha value is -1.13. The highest BCUT2D eigenvalue weighted by atomic mass is 19.1. The molecule has 0 radical (unpaired) electrons. The minimum atomic E-state index is -0.460. The molecule has 1 aliphatic rings. The number of alkyl halides is 1. The van der Waals surface area contributed by atoms with E-state index in [0.717, 1.165) is 12.8 Å². The highest BCUT2D eigenvalue weighted by molar-refractivity contribution is 5.97. The van der Waals surface area contributed by atoms with E-state index >= 15 is 0 Å². The Balaban J connectivity index is 2.87. The van der Waals surface area contributed by atoms with Crippen LogP contribution < -0.4 is 5.32 Å². The molecule has 3 unspecified atom stereocenters. The zero-order valence-corrected chi connectivity index (χ0v) is 12.1. The second-order valence-electron chi connectivity index (χ2n) is 5.25. The highest BCUT2D eigenvalue weighted by Crippen LogP contribution is 2.20. The van der Waals surface area contributed by atoms with E-state index in [-0.39, 0.29) is 17.7 Å². The summed E-state index contributed by atoms with van der Waals surface area (Å²) in [6.07, 6.45) is 2.58. The molecule has 0 aliphatic carbocycles. The molecule has 5 heteroatoms. The van der Waals surface area contributed by atoms with Crippen LogP contribution in [0.2, 0.25) is 0 Å². The smallest absolute Gasteiger partial charge is 0.246 e. The van der Waals surface area contributed by atoms with Crippen molar-refractivity contribution in [3.05, 3.63) is 0 Å². The van der Waals surface area contributed by atoms with Crippen LogP contribution in [0.5, 0.6) is 0 Å². The van der Waals surface area contributed by atoms with Gasteiger partial charge >= 0.3 is 0 Å². The van der Waals surface area contributed by atoms with Crippen molar-refractivity contribution in [3.63, 3.8) is 0 Å². The SMILES string of the molecule is CCCC1C(=O)NC(C(C)CC)C(=O)N1CCCF. The summed E-state index contributed by atoms with van der Waals surface area (Å²) >= 11 is 0. The topological polar surface area (TPSA) is 49.4 Å². The van der Waals surface area contributed by atoms with E-state index in [0.29, 0.717) is 19.4 Å². The van der Waals surface area contributed by atoms with E-state index in [1.54, 1.807) is 4.90 Å². The second kappa shape index (κ2) is 7.46. The standard InChI is InChI=1S/C14H25FN2O2/c1-4-7-11-13(18)16-12(10(3)5-2)14(19)17(11)9-6-8-15/h10-12H,4-9H2,1-3H3,(H,16,18). The van der Waals surface area contributed by atoms with Gasteiger partial charge in [0.1, 0.15) is 12.1 Å². The van der Waals surface area contributed by atoms with Crippen LogP contribution in [0.1, 0.15) is 46.5 Å². The quantitative estimate of drug-likeness (QED) is 0.769. The zero-order chi connectivity index (χ0) is 14.4. The molecule has 0 aromatic carbocycles. The van der Waals surface area contributed by atoms with Gasteiger partial charge in [0.25, 0.3) is 0 Å². The maximum atomic E-state index is 12.5. The fourth-order valence-corrected chi connectivity index (χ4v) is 2.46. The summed E-state index contributed by atoms with van der Waals surface area (Å²) in [5.41, 5.74) is 0. The first-order chi connectivity index (χ1) is 9.06. The van der Waals surface area contributed by atoms with E-state index in [1.807, 2.05) is 20.8 Å². The third-order valence-corrected chi connectivity index (χ3v) is 3.83. The predicted molar refractivity (Wildman–Crippen MR) is 72.4 cm³/mol. The zero-order valence-electron chi connectivity index (χ0n) is 12.1. The summed E-state index contributed by atoms with van der Waals surface area (Å²) in [4.78, 5) is 26.2. The molecule has 1 N–H and O–H groups in total. The first-order valence-corrected chi connectivity index (χ1v) is 7.23. The lowest BCUT2D eigenvalue weighted by atomic mass is 9.93. The van der Waals surface area contributed by atoms with Gasteiger partial charge in [-0.25, -0.2) is 0 Å². The van der Waals surface area contributed by atoms with Gasteiger partial charge < -0.3 is 10.2 Å². The van der Waals surface area contributed by atoms with E-state index in [2.05, 4.69) is 5.32 Å². The molecular weight excluding hydrogens is 247 g/mol. The van der Waals surface area contributed by atoms with Gasteiger partial charge in [-0.15, -0.1) is 0 Å². The average molecular weight is 272 g/mol. The number of amides is 2. The molecule has 4 nitrogen and oxygen atoms in total. The predicted octanol–water partition coefficient (Wildman–Crippen LogP) is 1.89. The Labute approximate surface area is 114 Å². The van der Waals surface area contributed by atoms with Crippen LogP contribution in [0.25, 0.3) is 0 Å². The van der Waals surface area contributed by atoms with Gasteiger partial charge in [-0.05, 0) is 18.8 Å². The van der Waals surface area contributed by atoms with Crippen LogP contribution in [0.15, 0.2) is 0 Å². The number of hydrogen-bond donors (Lipinski definition) is 1. The minimum Gasteiger partial charge on any atom is -0.342 e. The number of piperazine rings is 1.